The van der Waals surface area contributed by atoms with Crippen LogP contribution in [0.25, 0.3) is 0 Å². The van der Waals surface area contributed by atoms with E-state index in [4.69, 9.17) is 20.1 Å². The molecule has 8 heteroatoms. The first kappa shape index (κ1) is 14.8. The van der Waals surface area contributed by atoms with E-state index in [1.807, 2.05) is 0 Å². The van der Waals surface area contributed by atoms with Gasteiger partial charge in [-0.05, 0) is 0 Å². The van der Waals surface area contributed by atoms with Crippen molar-refractivity contribution in [3.63, 3.8) is 0 Å². The lowest BCUT2D eigenvalue weighted by atomic mass is 10.4. The molecule has 7 nitrogen and oxygen atoms in total. The zero-order chi connectivity index (χ0) is 11.9. The molecule has 0 aliphatic carbocycles. The maximum atomic E-state index is 11.1. The Bertz CT molecular complexity index is 250. The largest absolute Gasteiger partial charge is 0.395 e. The Hall–Kier alpha value is -0.250. The smallest absolute Gasteiger partial charge is 0.274 e. The summed E-state index contributed by atoms with van der Waals surface area (Å²) in [5.74, 6) is 0. The maximum Gasteiger partial charge on any atom is 0.274 e. The predicted octanol–water partition coefficient (Wildman–Crippen LogP) is -2.31. The van der Waals surface area contributed by atoms with Crippen molar-refractivity contribution in [2.75, 3.05) is 33.5 Å². The van der Waals surface area contributed by atoms with Crippen LogP contribution in [0.3, 0.4) is 0 Å². The van der Waals surface area contributed by atoms with Crippen molar-refractivity contribution in [1.82, 2.24) is 0 Å². The number of hydrogen-bond donors (Lipinski definition) is 3. The van der Waals surface area contributed by atoms with Gasteiger partial charge >= 0.3 is 0 Å². The minimum absolute atomic E-state index is 0.202. The van der Waals surface area contributed by atoms with Crippen molar-refractivity contribution in [1.29, 1.82) is 0 Å². The Morgan fingerprint density at radius 3 is 2.20 bits per heavy atom. The van der Waals surface area contributed by atoms with Gasteiger partial charge in [0.25, 0.3) is 10.1 Å². The Morgan fingerprint density at radius 1 is 1.20 bits per heavy atom. The molecule has 0 saturated carbocycles. The molecule has 0 saturated heterocycles. The number of rotatable bonds is 8. The SMILES string of the molecule is COS(=O)(=O)C(CO)COCC(O)CO. The summed E-state index contributed by atoms with van der Waals surface area (Å²) in [5.41, 5.74) is 0. The molecule has 0 aromatic heterocycles. The fourth-order valence-electron chi connectivity index (χ4n) is 0.752. The number of aliphatic hydroxyl groups excluding tert-OH is 3. The highest BCUT2D eigenvalue weighted by atomic mass is 32.2. The Balaban J connectivity index is 4.02. The minimum atomic E-state index is -3.83. The lowest BCUT2D eigenvalue weighted by molar-refractivity contribution is 0.00322. The Kier molecular flexibility index (Phi) is 6.98. The molecule has 0 rings (SSSR count). The van der Waals surface area contributed by atoms with E-state index in [1.54, 1.807) is 0 Å². The number of hydrogen-bond acceptors (Lipinski definition) is 7. The summed E-state index contributed by atoms with van der Waals surface area (Å²) in [6, 6.07) is 0. The molecule has 2 atom stereocenters. The second-order valence-electron chi connectivity index (χ2n) is 2.84. The Morgan fingerprint density at radius 2 is 1.80 bits per heavy atom. The van der Waals surface area contributed by atoms with E-state index in [0.29, 0.717) is 0 Å². The molecule has 0 aromatic carbocycles. The normalized spacial score (nSPS) is 16.3. The van der Waals surface area contributed by atoms with Crippen LogP contribution in [-0.4, -0.2) is 68.6 Å². The maximum absolute atomic E-state index is 11.1. The first-order chi connectivity index (χ1) is 6.97. The van der Waals surface area contributed by atoms with Gasteiger partial charge in [-0.2, -0.15) is 8.42 Å². The molecule has 0 aliphatic heterocycles. The second-order valence-corrected chi connectivity index (χ2v) is 4.82. The number of aliphatic hydroxyl groups is 3. The molecule has 0 spiro atoms. The van der Waals surface area contributed by atoms with Crippen molar-refractivity contribution in [2.24, 2.45) is 0 Å². The van der Waals surface area contributed by atoms with Crippen LogP contribution in [0.15, 0.2) is 0 Å². The molecule has 0 bridgehead atoms. The summed E-state index contributed by atoms with van der Waals surface area (Å²) < 4.78 is 31.2. The van der Waals surface area contributed by atoms with Crippen LogP contribution in [0.1, 0.15) is 0 Å². The first-order valence-electron chi connectivity index (χ1n) is 4.24. The quantitative estimate of drug-likeness (QED) is 0.411. The van der Waals surface area contributed by atoms with Crippen molar-refractivity contribution in [3.05, 3.63) is 0 Å². The van der Waals surface area contributed by atoms with Crippen LogP contribution in [0, 0.1) is 0 Å². The minimum Gasteiger partial charge on any atom is -0.395 e. The summed E-state index contributed by atoms with van der Waals surface area (Å²) >= 11 is 0. The Labute approximate surface area is 88.4 Å². The van der Waals surface area contributed by atoms with Crippen molar-refractivity contribution >= 4 is 10.1 Å². The zero-order valence-electron chi connectivity index (χ0n) is 8.37. The topological polar surface area (TPSA) is 113 Å². The van der Waals surface area contributed by atoms with Gasteiger partial charge in [0.05, 0.1) is 33.5 Å². The van der Waals surface area contributed by atoms with Crippen molar-refractivity contribution in [3.8, 4) is 0 Å². The third-order valence-corrected chi connectivity index (χ3v) is 3.24. The summed E-state index contributed by atoms with van der Waals surface area (Å²) in [4.78, 5) is 0. The average Bonchev–Trinajstić information content (AvgIpc) is 2.23. The summed E-state index contributed by atoms with van der Waals surface area (Å²) in [6.07, 6.45) is -1.06. The fourth-order valence-corrected chi connectivity index (χ4v) is 1.47. The highest BCUT2D eigenvalue weighted by molar-refractivity contribution is 7.87. The second kappa shape index (κ2) is 7.09. The molecule has 92 valence electrons. The van der Waals surface area contributed by atoms with Gasteiger partial charge in [0.15, 0.2) is 0 Å². The van der Waals surface area contributed by atoms with E-state index in [1.165, 1.54) is 0 Å². The molecule has 2 unspecified atom stereocenters. The highest BCUT2D eigenvalue weighted by Crippen LogP contribution is 2.03. The lowest BCUT2D eigenvalue weighted by Gasteiger charge is -2.14. The fraction of sp³-hybridized carbons (Fsp3) is 1.00. The molecular formula is C7H16O7S. The summed E-state index contributed by atoms with van der Waals surface area (Å²) in [5, 5.41) is 24.9. The molecule has 0 amide bonds. The van der Waals surface area contributed by atoms with E-state index >= 15 is 0 Å². The van der Waals surface area contributed by atoms with Gasteiger partial charge in [0, 0.05) is 0 Å². The van der Waals surface area contributed by atoms with Gasteiger partial charge in [-0.15, -0.1) is 0 Å². The number of ether oxygens (including phenoxy) is 1. The van der Waals surface area contributed by atoms with Crippen LogP contribution in [0.2, 0.25) is 0 Å². The zero-order valence-corrected chi connectivity index (χ0v) is 9.18. The van der Waals surface area contributed by atoms with Crippen LogP contribution < -0.4 is 0 Å². The first-order valence-corrected chi connectivity index (χ1v) is 5.72. The summed E-state index contributed by atoms with van der Waals surface area (Å²) in [6.45, 7) is -1.61. The monoisotopic (exact) mass is 244 g/mol. The van der Waals surface area contributed by atoms with E-state index in [0.717, 1.165) is 7.11 Å². The summed E-state index contributed by atoms with van der Waals surface area (Å²) in [7, 11) is -2.85. The van der Waals surface area contributed by atoms with Crippen LogP contribution in [-0.2, 0) is 19.0 Å². The molecule has 0 heterocycles. The van der Waals surface area contributed by atoms with Crippen LogP contribution >= 0.6 is 0 Å². The molecule has 15 heavy (non-hydrogen) atoms. The van der Waals surface area contributed by atoms with E-state index in [9.17, 15) is 8.42 Å². The molecule has 0 radical (unpaired) electrons. The van der Waals surface area contributed by atoms with Gasteiger partial charge < -0.3 is 20.1 Å². The predicted molar refractivity (Wildman–Crippen MR) is 50.7 cm³/mol. The molecule has 3 N–H and O–H groups in total. The third kappa shape index (κ3) is 5.40. The van der Waals surface area contributed by atoms with Crippen LogP contribution in [0.4, 0.5) is 0 Å². The van der Waals surface area contributed by atoms with Gasteiger partial charge in [-0.1, -0.05) is 0 Å². The van der Waals surface area contributed by atoms with Crippen molar-refractivity contribution in [2.45, 2.75) is 11.4 Å². The molecule has 0 aromatic rings. The van der Waals surface area contributed by atoms with Gasteiger partial charge in [-0.3, -0.25) is 4.18 Å². The van der Waals surface area contributed by atoms with Gasteiger partial charge in [0.1, 0.15) is 11.4 Å². The van der Waals surface area contributed by atoms with Crippen molar-refractivity contribution < 1.29 is 32.7 Å². The third-order valence-electron chi connectivity index (χ3n) is 1.67. The van der Waals surface area contributed by atoms with Gasteiger partial charge in [0.2, 0.25) is 0 Å². The lowest BCUT2D eigenvalue weighted by Crippen LogP contribution is -2.32. The van der Waals surface area contributed by atoms with E-state index < -0.39 is 34.7 Å². The van der Waals surface area contributed by atoms with Crippen LogP contribution in [0.5, 0.6) is 0 Å². The van der Waals surface area contributed by atoms with Gasteiger partial charge in [-0.25, -0.2) is 0 Å². The van der Waals surface area contributed by atoms with E-state index in [-0.39, 0.29) is 13.2 Å². The van der Waals surface area contributed by atoms with E-state index in [2.05, 4.69) is 4.18 Å². The molecular weight excluding hydrogens is 228 g/mol. The highest BCUT2D eigenvalue weighted by Gasteiger charge is 2.25. The standard InChI is InChI=1S/C7H16O7S/c1-13-15(11,12)7(3-9)5-14-4-6(10)2-8/h6-10H,2-5H2,1H3. The molecule has 0 fully saturated rings. The average molecular weight is 244 g/mol. The molecule has 0 aliphatic rings.